The third kappa shape index (κ3) is 7.16. The molecule has 0 aliphatic carbocycles. The smallest absolute Gasteiger partial charge is 0.238 e. The summed E-state index contributed by atoms with van der Waals surface area (Å²) in [5, 5.41) is 12.4. The van der Waals surface area contributed by atoms with Crippen molar-refractivity contribution in [2.45, 2.75) is 36.5 Å². The molecule has 0 saturated carbocycles. The maximum Gasteiger partial charge on any atom is 0.238 e. The van der Waals surface area contributed by atoms with Crippen molar-refractivity contribution in [1.82, 2.24) is 10.6 Å². The van der Waals surface area contributed by atoms with E-state index < -0.39 is 10.0 Å². The second-order valence-corrected chi connectivity index (χ2v) is 8.37. The van der Waals surface area contributed by atoms with Gasteiger partial charge in [0.15, 0.2) is 5.96 Å². The van der Waals surface area contributed by atoms with Crippen LogP contribution in [0.5, 0.6) is 0 Å². The molecule has 4 N–H and O–H groups in total. The summed E-state index contributed by atoms with van der Waals surface area (Å²) < 4.78 is 22.8. The van der Waals surface area contributed by atoms with Crippen LogP contribution in [-0.4, -0.2) is 38.5 Å². The predicted molar refractivity (Wildman–Crippen MR) is 112 cm³/mol. The SMILES string of the molecule is CCNC(=NCc1cccc(S(N)(=O)=O)c1)NCC1CCCS1.I. The van der Waals surface area contributed by atoms with Crippen molar-refractivity contribution in [3.8, 4) is 0 Å². The number of hydrogen-bond acceptors (Lipinski definition) is 4. The van der Waals surface area contributed by atoms with E-state index in [4.69, 9.17) is 5.14 Å². The van der Waals surface area contributed by atoms with Gasteiger partial charge in [-0.25, -0.2) is 18.5 Å². The number of nitrogens with two attached hydrogens (primary N) is 1. The Kier molecular flexibility index (Phi) is 9.39. The highest BCUT2D eigenvalue weighted by molar-refractivity contribution is 14.0. The highest BCUT2D eigenvalue weighted by Gasteiger charge is 2.15. The Hall–Kier alpha value is -0.520. The first-order valence-corrected chi connectivity index (χ1v) is 10.3. The van der Waals surface area contributed by atoms with Crippen molar-refractivity contribution >= 4 is 51.7 Å². The van der Waals surface area contributed by atoms with Crippen LogP contribution in [-0.2, 0) is 16.6 Å². The molecule has 6 nitrogen and oxygen atoms in total. The highest BCUT2D eigenvalue weighted by Crippen LogP contribution is 2.25. The number of halogens is 1. The first kappa shape index (κ1) is 21.5. The van der Waals surface area contributed by atoms with Crippen LogP contribution >= 0.6 is 35.7 Å². The molecule has 0 bridgehead atoms. The molecular formula is C15H25IN4O2S2. The van der Waals surface area contributed by atoms with Gasteiger partial charge in [0, 0.05) is 18.3 Å². The average Bonchev–Trinajstić information content (AvgIpc) is 3.03. The lowest BCUT2D eigenvalue weighted by atomic mass is 10.2. The van der Waals surface area contributed by atoms with E-state index in [1.165, 1.54) is 24.7 Å². The van der Waals surface area contributed by atoms with Crippen molar-refractivity contribution in [3.05, 3.63) is 29.8 Å². The molecular weight excluding hydrogens is 459 g/mol. The predicted octanol–water partition coefficient (Wildman–Crippen LogP) is 1.90. The van der Waals surface area contributed by atoms with Gasteiger partial charge in [0.05, 0.1) is 11.4 Å². The summed E-state index contributed by atoms with van der Waals surface area (Å²) in [6.07, 6.45) is 2.53. The van der Waals surface area contributed by atoms with Crippen LogP contribution in [0.3, 0.4) is 0 Å². The largest absolute Gasteiger partial charge is 0.357 e. The zero-order chi connectivity index (χ0) is 16.7. The molecule has 2 rings (SSSR count). The summed E-state index contributed by atoms with van der Waals surface area (Å²) >= 11 is 2.00. The van der Waals surface area contributed by atoms with Gasteiger partial charge in [-0.2, -0.15) is 11.8 Å². The van der Waals surface area contributed by atoms with Gasteiger partial charge in [-0.3, -0.25) is 0 Å². The molecule has 136 valence electrons. The number of guanidine groups is 1. The van der Waals surface area contributed by atoms with E-state index in [-0.39, 0.29) is 28.9 Å². The second kappa shape index (κ2) is 10.5. The van der Waals surface area contributed by atoms with Gasteiger partial charge in [0.1, 0.15) is 0 Å². The van der Waals surface area contributed by atoms with E-state index in [2.05, 4.69) is 15.6 Å². The van der Waals surface area contributed by atoms with E-state index in [9.17, 15) is 8.42 Å². The van der Waals surface area contributed by atoms with Crippen LogP contribution in [0.15, 0.2) is 34.2 Å². The number of hydrogen-bond donors (Lipinski definition) is 3. The molecule has 0 aromatic heterocycles. The Morgan fingerprint density at radius 3 is 2.83 bits per heavy atom. The summed E-state index contributed by atoms with van der Waals surface area (Å²) in [6, 6.07) is 6.58. The van der Waals surface area contributed by atoms with Crippen molar-refractivity contribution in [3.63, 3.8) is 0 Å². The van der Waals surface area contributed by atoms with E-state index in [1.807, 2.05) is 24.8 Å². The van der Waals surface area contributed by atoms with Crippen molar-refractivity contribution < 1.29 is 8.42 Å². The Labute approximate surface area is 165 Å². The molecule has 0 amide bonds. The molecule has 24 heavy (non-hydrogen) atoms. The Morgan fingerprint density at radius 1 is 1.42 bits per heavy atom. The molecule has 1 atom stereocenters. The normalized spacial score (nSPS) is 18.1. The maximum atomic E-state index is 11.4. The van der Waals surface area contributed by atoms with Crippen LogP contribution < -0.4 is 15.8 Å². The summed E-state index contributed by atoms with van der Waals surface area (Å²) in [4.78, 5) is 4.63. The summed E-state index contributed by atoms with van der Waals surface area (Å²) in [6.45, 7) is 4.09. The topological polar surface area (TPSA) is 96.6 Å². The quantitative estimate of drug-likeness (QED) is 0.326. The molecule has 1 aromatic rings. The van der Waals surface area contributed by atoms with Crippen LogP contribution in [0.4, 0.5) is 0 Å². The minimum atomic E-state index is -3.68. The fourth-order valence-corrected chi connectivity index (χ4v) is 4.13. The zero-order valence-electron chi connectivity index (χ0n) is 13.7. The first-order chi connectivity index (χ1) is 11.0. The van der Waals surface area contributed by atoms with Gasteiger partial charge in [-0.05, 0) is 43.2 Å². The van der Waals surface area contributed by atoms with Crippen LogP contribution in [0.25, 0.3) is 0 Å². The van der Waals surface area contributed by atoms with Crippen LogP contribution in [0.2, 0.25) is 0 Å². The number of primary sulfonamides is 1. The lowest BCUT2D eigenvalue weighted by Crippen LogP contribution is -2.40. The molecule has 1 aliphatic heterocycles. The fraction of sp³-hybridized carbons (Fsp3) is 0.533. The Bertz CT molecular complexity index is 647. The van der Waals surface area contributed by atoms with Gasteiger partial charge >= 0.3 is 0 Å². The molecule has 1 aromatic carbocycles. The number of sulfonamides is 1. The Morgan fingerprint density at radius 2 is 2.21 bits per heavy atom. The highest BCUT2D eigenvalue weighted by atomic mass is 127. The number of benzene rings is 1. The van der Waals surface area contributed by atoms with Gasteiger partial charge < -0.3 is 10.6 Å². The van der Waals surface area contributed by atoms with Crippen molar-refractivity contribution in [1.29, 1.82) is 0 Å². The zero-order valence-corrected chi connectivity index (χ0v) is 17.7. The number of rotatable bonds is 6. The summed E-state index contributed by atoms with van der Waals surface area (Å²) in [5.74, 6) is 1.99. The lowest BCUT2D eigenvalue weighted by Gasteiger charge is -2.14. The third-order valence-electron chi connectivity index (χ3n) is 3.51. The Balaban J connectivity index is 0.00000288. The van der Waals surface area contributed by atoms with Crippen LogP contribution in [0.1, 0.15) is 25.3 Å². The minimum Gasteiger partial charge on any atom is -0.357 e. The maximum absolute atomic E-state index is 11.4. The minimum absolute atomic E-state index is 0. The third-order valence-corrected chi connectivity index (χ3v) is 5.82. The number of nitrogens with zero attached hydrogens (tertiary/aromatic N) is 1. The fourth-order valence-electron chi connectivity index (χ4n) is 2.35. The number of thioether (sulfide) groups is 1. The second-order valence-electron chi connectivity index (χ2n) is 5.40. The van der Waals surface area contributed by atoms with E-state index in [0.717, 1.165) is 24.6 Å². The molecule has 1 aliphatic rings. The molecule has 1 fully saturated rings. The van der Waals surface area contributed by atoms with Crippen LogP contribution in [0, 0.1) is 0 Å². The number of aliphatic imine (C=N–C) groups is 1. The van der Waals surface area contributed by atoms with Gasteiger partial charge in [-0.15, -0.1) is 24.0 Å². The first-order valence-electron chi connectivity index (χ1n) is 7.74. The standard InChI is InChI=1S/C15H24N4O2S2.HI/c1-2-17-15(19-11-13-6-4-8-22-13)18-10-12-5-3-7-14(9-12)23(16,20)21;/h3,5,7,9,13H,2,4,6,8,10-11H2,1H3,(H2,16,20,21)(H2,17,18,19);1H. The molecule has 9 heteroatoms. The van der Waals surface area contributed by atoms with Crippen molar-refractivity contribution in [2.75, 3.05) is 18.8 Å². The van der Waals surface area contributed by atoms with E-state index in [0.29, 0.717) is 11.8 Å². The van der Waals surface area contributed by atoms with Gasteiger partial charge in [0.2, 0.25) is 10.0 Å². The van der Waals surface area contributed by atoms with Gasteiger partial charge in [0.25, 0.3) is 0 Å². The molecule has 1 heterocycles. The molecule has 0 radical (unpaired) electrons. The molecule has 1 unspecified atom stereocenters. The molecule has 1 saturated heterocycles. The average molecular weight is 484 g/mol. The lowest BCUT2D eigenvalue weighted by molar-refractivity contribution is 0.597. The van der Waals surface area contributed by atoms with E-state index in [1.54, 1.807) is 12.1 Å². The van der Waals surface area contributed by atoms with Gasteiger partial charge in [-0.1, -0.05) is 12.1 Å². The summed E-state index contributed by atoms with van der Waals surface area (Å²) in [7, 11) is -3.68. The summed E-state index contributed by atoms with van der Waals surface area (Å²) in [5.41, 5.74) is 0.809. The van der Waals surface area contributed by atoms with Crippen molar-refractivity contribution in [2.24, 2.45) is 10.1 Å². The van der Waals surface area contributed by atoms with E-state index >= 15 is 0 Å². The molecule has 0 spiro atoms. The number of nitrogens with one attached hydrogen (secondary N) is 2. The monoisotopic (exact) mass is 484 g/mol.